The molecule has 174 valence electrons. The molecule has 2 saturated heterocycles. The van der Waals surface area contributed by atoms with Gasteiger partial charge in [0.05, 0.1) is 11.1 Å². The van der Waals surface area contributed by atoms with Crippen LogP contribution in [0.4, 0.5) is 0 Å². The van der Waals surface area contributed by atoms with E-state index in [9.17, 15) is 13.2 Å². The summed E-state index contributed by atoms with van der Waals surface area (Å²) in [4.78, 5) is 15.0. The van der Waals surface area contributed by atoms with Gasteiger partial charge in [0.2, 0.25) is 10.0 Å². The maximum absolute atomic E-state index is 12.7. The number of likely N-dealkylation sites (tertiary alicyclic amines) is 1. The summed E-state index contributed by atoms with van der Waals surface area (Å²) >= 11 is 6.13. The summed E-state index contributed by atoms with van der Waals surface area (Å²) in [5.41, 5.74) is 0.284. The van der Waals surface area contributed by atoms with Crippen molar-refractivity contribution in [3.05, 3.63) is 28.8 Å². The van der Waals surface area contributed by atoms with Gasteiger partial charge in [-0.25, -0.2) is 13.1 Å². The Bertz CT molecular complexity index is 843. The van der Waals surface area contributed by atoms with Gasteiger partial charge in [0, 0.05) is 31.3 Å². The number of hydrogen-bond donors (Lipinski definition) is 2. The predicted molar refractivity (Wildman–Crippen MR) is 122 cm³/mol. The van der Waals surface area contributed by atoms with E-state index < -0.39 is 10.0 Å². The van der Waals surface area contributed by atoms with E-state index in [1.54, 1.807) is 6.07 Å². The van der Waals surface area contributed by atoms with E-state index in [1.807, 2.05) is 0 Å². The largest absolute Gasteiger partial charge is 0.377 e. The topological polar surface area (TPSA) is 87.7 Å². The second kappa shape index (κ2) is 11.6. The zero-order valence-electron chi connectivity index (χ0n) is 18.2. The Kier molecular flexibility index (Phi) is 9.16. The Morgan fingerprint density at radius 3 is 2.81 bits per heavy atom. The van der Waals surface area contributed by atoms with E-state index in [0.29, 0.717) is 19.2 Å². The molecule has 0 radical (unpaired) electrons. The molecule has 3 rings (SSSR count). The number of sulfonamides is 1. The minimum atomic E-state index is -3.83. The molecule has 2 N–H and O–H groups in total. The number of ether oxygens (including phenoxy) is 1. The summed E-state index contributed by atoms with van der Waals surface area (Å²) in [6.07, 6.45) is 7.40. The van der Waals surface area contributed by atoms with Crippen LogP contribution >= 0.6 is 11.6 Å². The van der Waals surface area contributed by atoms with Crippen molar-refractivity contribution < 1.29 is 17.9 Å². The summed E-state index contributed by atoms with van der Waals surface area (Å²) in [6.45, 7) is 5.91. The van der Waals surface area contributed by atoms with Gasteiger partial charge in [-0.1, -0.05) is 18.0 Å². The van der Waals surface area contributed by atoms with Gasteiger partial charge in [-0.05, 0) is 76.7 Å². The molecule has 9 heteroatoms. The number of nitrogens with zero attached hydrogens (tertiary/aromatic N) is 1. The predicted octanol–water partition coefficient (Wildman–Crippen LogP) is 3.18. The van der Waals surface area contributed by atoms with Gasteiger partial charge in [0.15, 0.2) is 0 Å². The lowest BCUT2D eigenvalue weighted by Gasteiger charge is -2.33. The molecule has 1 aromatic carbocycles. The highest BCUT2D eigenvalue weighted by atomic mass is 35.5. The molecule has 31 heavy (non-hydrogen) atoms. The number of piperidine rings is 1. The molecule has 2 aliphatic heterocycles. The van der Waals surface area contributed by atoms with Crippen LogP contribution in [0.1, 0.15) is 62.2 Å². The zero-order chi connectivity index (χ0) is 22.3. The molecule has 0 aromatic heterocycles. The van der Waals surface area contributed by atoms with E-state index in [2.05, 4.69) is 21.9 Å². The number of nitrogens with one attached hydrogen (secondary N) is 2. The molecule has 0 saturated carbocycles. The molecular weight excluding hydrogens is 438 g/mol. The van der Waals surface area contributed by atoms with E-state index in [4.69, 9.17) is 16.3 Å². The van der Waals surface area contributed by atoms with Crippen molar-refractivity contribution in [2.24, 2.45) is 0 Å². The second-order valence-electron chi connectivity index (χ2n) is 8.48. The first-order valence-corrected chi connectivity index (χ1v) is 13.2. The third-order valence-electron chi connectivity index (χ3n) is 6.11. The number of hydrogen-bond acceptors (Lipinski definition) is 5. The molecule has 0 aliphatic carbocycles. The van der Waals surface area contributed by atoms with Crippen LogP contribution in [0.3, 0.4) is 0 Å². The van der Waals surface area contributed by atoms with Crippen LogP contribution < -0.4 is 10.0 Å². The maximum Gasteiger partial charge on any atom is 0.251 e. The quantitative estimate of drug-likeness (QED) is 0.512. The van der Waals surface area contributed by atoms with Crippen molar-refractivity contribution in [2.75, 3.05) is 32.8 Å². The number of halogens is 1. The SMILES string of the molecule is CC1CCCCN1CCCCNC(=O)c1ccc(Cl)c(S(=O)(=O)NCC2CCCO2)c1. The Labute approximate surface area is 190 Å². The van der Waals surface area contributed by atoms with Crippen LogP contribution in [0.15, 0.2) is 23.1 Å². The number of carbonyl (C=O) groups excluding carboxylic acids is 1. The Morgan fingerprint density at radius 2 is 2.06 bits per heavy atom. The van der Waals surface area contributed by atoms with Crippen molar-refractivity contribution in [3.63, 3.8) is 0 Å². The minimum absolute atomic E-state index is 0.0844. The third kappa shape index (κ3) is 7.15. The van der Waals surface area contributed by atoms with Crippen LogP contribution in [0.25, 0.3) is 0 Å². The molecule has 2 unspecified atom stereocenters. The number of rotatable bonds is 10. The van der Waals surface area contributed by atoms with Gasteiger partial charge >= 0.3 is 0 Å². The molecule has 0 bridgehead atoms. The number of carbonyl (C=O) groups is 1. The summed E-state index contributed by atoms with van der Waals surface area (Å²) < 4.78 is 33.3. The lowest BCUT2D eigenvalue weighted by atomic mass is 10.0. The first-order chi connectivity index (χ1) is 14.9. The van der Waals surface area contributed by atoms with Gasteiger partial charge < -0.3 is 15.0 Å². The molecule has 0 spiro atoms. The van der Waals surface area contributed by atoms with Crippen molar-refractivity contribution in [2.45, 2.75) is 68.9 Å². The fourth-order valence-corrected chi connectivity index (χ4v) is 5.76. The Hall–Kier alpha value is -1.19. The summed E-state index contributed by atoms with van der Waals surface area (Å²) in [6, 6.07) is 4.98. The molecule has 2 atom stereocenters. The third-order valence-corrected chi connectivity index (χ3v) is 8.01. The van der Waals surface area contributed by atoms with Gasteiger partial charge in [-0.2, -0.15) is 0 Å². The monoisotopic (exact) mass is 471 g/mol. The molecule has 2 heterocycles. The van der Waals surface area contributed by atoms with E-state index in [1.165, 1.54) is 31.4 Å². The second-order valence-corrected chi connectivity index (χ2v) is 10.6. The average molecular weight is 472 g/mol. The highest BCUT2D eigenvalue weighted by Gasteiger charge is 2.23. The fraction of sp³-hybridized carbons (Fsp3) is 0.682. The van der Waals surface area contributed by atoms with Crippen LogP contribution in [-0.2, 0) is 14.8 Å². The van der Waals surface area contributed by atoms with Crippen LogP contribution in [0.2, 0.25) is 5.02 Å². The Morgan fingerprint density at radius 1 is 1.23 bits per heavy atom. The lowest BCUT2D eigenvalue weighted by molar-refractivity contribution is 0.0951. The van der Waals surface area contributed by atoms with Crippen LogP contribution in [0.5, 0.6) is 0 Å². The van der Waals surface area contributed by atoms with Gasteiger partial charge in [0.1, 0.15) is 4.90 Å². The number of amides is 1. The van der Waals surface area contributed by atoms with Crippen molar-refractivity contribution in [3.8, 4) is 0 Å². The molecule has 1 aromatic rings. The van der Waals surface area contributed by atoms with Gasteiger partial charge in [0.25, 0.3) is 5.91 Å². The summed E-state index contributed by atoms with van der Waals surface area (Å²) in [5, 5.41) is 2.98. The molecule has 2 aliphatic rings. The first-order valence-electron chi connectivity index (χ1n) is 11.3. The van der Waals surface area contributed by atoms with Crippen LogP contribution in [0, 0.1) is 0 Å². The normalized spacial score (nSPS) is 22.5. The highest BCUT2D eigenvalue weighted by Crippen LogP contribution is 2.23. The van der Waals surface area contributed by atoms with Crippen molar-refractivity contribution in [1.29, 1.82) is 0 Å². The zero-order valence-corrected chi connectivity index (χ0v) is 19.8. The molecular formula is C22H34ClN3O4S. The van der Waals surface area contributed by atoms with E-state index >= 15 is 0 Å². The molecule has 1 amide bonds. The summed E-state index contributed by atoms with van der Waals surface area (Å²) in [7, 11) is -3.83. The van der Waals surface area contributed by atoms with Crippen molar-refractivity contribution >= 4 is 27.5 Å². The van der Waals surface area contributed by atoms with Gasteiger partial charge in [-0.3, -0.25) is 4.79 Å². The summed E-state index contributed by atoms with van der Waals surface area (Å²) in [5.74, 6) is -0.293. The standard InChI is InChI=1S/C22H34ClN3O4S/c1-17-7-2-4-12-26(17)13-5-3-11-24-22(27)18-9-10-20(23)21(15-18)31(28,29)25-16-19-8-6-14-30-19/h9-10,15,17,19,25H,2-8,11-14,16H2,1H3,(H,24,27). The lowest BCUT2D eigenvalue weighted by Crippen LogP contribution is -2.38. The molecule has 7 nitrogen and oxygen atoms in total. The number of unbranched alkanes of at least 4 members (excludes halogenated alkanes) is 1. The minimum Gasteiger partial charge on any atom is -0.377 e. The van der Waals surface area contributed by atoms with E-state index in [0.717, 1.165) is 38.8 Å². The fourth-order valence-electron chi connectivity index (χ4n) is 4.17. The van der Waals surface area contributed by atoms with Crippen LogP contribution in [-0.4, -0.2) is 64.2 Å². The highest BCUT2D eigenvalue weighted by molar-refractivity contribution is 7.89. The van der Waals surface area contributed by atoms with E-state index in [-0.39, 0.29) is 34.0 Å². The maximum atomic E-state index is 12.7. The van der Waals surface area contributed by atoms with Gasteiger partial charge in [-0.15, -0.1) is 0 Å². The number of benzene rings is 1. The molecule has 2 fully saturated rings. The smallest absolute Gasteiger partial charge is 0.251 e. The average Bonchev–Trinajstić information content (AvgIpc) is 3.27. The Balaban J connectivity index is 1.48. The first kappa shape index (κ1) is 24.5. The van der Waals surface area contributed by atoms with Crippen molar-refractivity contribution in [1.82, 2.24) is 14.9 Å².